The van der Waals surface area contributed by atoms with Crippen LogP contribution in [0.3, 0.4) is 0 Å². The number of carbonyl (C=O) groups is 1. The second-order valence-electron chi connectivity index (χ2n) is 5.98. The highest BCUT2D eigenvalue weighted by Gasteiger charge is 2.38. The molecule has 0 aliphatic carbocycles. The van der Waals surface area contributed by atoms with Crippen molar-refractivity contribution in [2.45, 2.75) is 17.6 Å². The molecule has 0 amide bonds. The lowest BCUT2D eigenvalue weighted by Crippen LogP contribution is -2.29. The maximum Gasteiger partial charge on any atom is 0.417 e. The van der Waals surface area contributed by atoms with Gasteiger partial charge in [-0.15, -0.1) is 0 Å². The van der Waals surface area contributed by atoms with Crippen LogP contribution in [0.5, 0.6) is 0 Å². The third-order valence-corrected chi connectivity index (χ3v) is 5.89. The van der Waals surface area contributed by atoms with E-state index >= 15 is 0 Å². The molecule has 0 bridgehead atoms. The number of benzene rings is 2. The standard InChI is InChI=1S/C17H14F3N3O4S/c1-23(28(26,27)14-5-3-2-4-11(14)17(18,19)20)9-15-21-12-7-6-10(16(24)25)8-13(12)22-15/h2-8H,9H2,1H3,(H,21,22)(H,24,25). The Bertz CT molecular complexity index is 1160. The van der Waals surface area contributed by atoms with E-state index in [1.807, 2.05) is 0 Å². The monoisotopic (exact) mass is 413 g/mol. The van der Waals surface area contributed by atoms with Crippen LogP contribution in [0.2, 0.25) is 0 Å². The molecule has 0 saturated heterocycles. The molecule has 2 N–H and O–H groups in total. The summed E-state index contributed by atoms with van der Waals surface area (Å²) >= 11 is 0. The van der Waals surface area contributed by atoms with Gasteiger partial charge < -0.3 is 10.1 Å². The molecule has 1 aromatic heterocycles. The normalized spacial score (nSPS) is 12.6. The summed E-state index contributed by atoms with van der Waals surface area (Å²) in [6.07, 6.45) is -4.82. The van der Waals surface area contributed by atoms with Gasteiger partial charge in [0, 0.05) is 7.05 Å². The minimum absolute atomic E-state index is 0.0165. The number of rotatable bonds is 5. The van der Waals surface area contributed by atoms with Crippen molar-refractivity contribution in [1.82, 2.24) is 14.3 Å². The van der Waals surface area contributed by atoms with Gasteiger partial charge in [-0.2, -0.15) is 17.5 Å². The fraction of sp³-hybridized carbons (Fsp3) is 0.176. The Kier molecular flexibility index (Phi) is 4.90. The van der Waals surface area contributed by atoms with E-state index < -0.39 is 32.6 Å². The van der Waals surface area contributed by atoms with Crippen LogP contribution in [0.15, 0.2) is 47.4 Å². The van der Waals surface area contributed by atoms with E-state index in [9.17, 15) is 26.4 Å². The van der Waals surface area contributed by atoms with E-state index in [-0.39, 0.29) is 17.9 Å². The molecule has 0 saturated carbocycles. The molecular formula is C17H14F3N3O4S. The van der Waals surface area contributed by atoms with Crippen LogP contribution >= 0.6 is 0 Å². The number of fused-ring (bicyclic) bond motifs is 1. The fourth-order valence-corrected chi connectivity index (χ4v) is 4.00. The average Bonchev–Trinajstić information content (AvgIpc) is 3.02. The van der Waals surface area contributed by atoms with Gasteiger partial charge in [-0.05, 0) is 30.3 Å². The number of alkyl halides is 3. The largest absolute Gasteiger partial charge is 0.478 e. The van der Waals surface area contributed by atoms with E-state index in [4.69, 9.17) is 5.11 Å². The van der Waals surface area contributed by atoms with Gasteiger partial charge in [-0.1, -0.05) is 12.1 Å². The zero-order valence-corrected chi connectivity index (χ0v) is 15.2. The van der Waals surface area contributed by atoms with Crippen molar-refractivity contribution in [1.29, 1.82) is 0 Å². The molecule has 148 valence electrons. The third-order valence-electron chi connectivity index (χ3n) is 4.03. The van der Waals surface area contributed by atoms with E-state index in [1.54, 1.807) is 0 Å². The summed E-state index contributed by atoms with van der Waals surface area (Å²) in [5.74, 6) is -0.977. The first kappa shape index (κ1) is 19.8. The SMILES string of the molecule is CN(Cc1nc2ccc(C(=O)O)cc2[nH]1)S(=O)(=O)c1ccccc1C(F)(F)F. The number of hydrogen-bond donors (Lipinski definition) is 2. The first-order valence-corrected chi connectivity index (χ1v) is 9.28. The number of sulfonamides is 1. The van der Waals surface area contributed by atoms with Gasteiger partial charge in [-0.3, -0.25) is 0 Å². The lowest BCUT2D eigenvalue weighted by Gasteiger charge is -2.19. The fourth-order valence-electron chi connectivity index (χ4n) is 2.66. The number of aromatic nitrogens is 2. The number of H-pyrrole nitrogens is 1. The van der Waals surface area contributed by atoms with Crippen molar-refractivity contribution in [2.75, 3.05) is 7.05 Å². The topological polar surface area (TPSA) is 103 Å². The molecule has 0 atom stereocenters. The van der Waals surface area contributed by atoms with Gasteiger partial charge in [0.2, 0.25) is 10.0 Å². The predicted octanol–water partition coefficient (Wildman–Crippen LogP) is 3.10. The highest BCUT2D eigenvalue weighted by atomic mass is 32.2. The van der Waals surface area contributed by atoms with Crippen LogP contribution in [0.1, 0.15) is 21.7 Å². The summed E-state index contributed by atoms with van der Waals surface area (Å²) in [5.41, 5.74) is -0.460. The Morgan fingerprint density at radius 3 is 2.54 bits per heavy atom. The quantitative estimate of drug-likeness (QED) is 0.669. The molecule has 0 fully saturated rings. The van der Waals surface area contributed by atoms with E-state index in [2.05, 4.69) is 9.97 Å². The number of hydrogen-bond acceptors (Lipinski definition) is 4. The van der Waals surface area contributed by atoms with Gasteiger partial charge >= 0.3 is 12.1 Å². The minimum Gasteiger partial charge on any atom is -0.478 e. The lowest BCUT2D eigenvalue weighted by atomic mass is 10.2. The number of carboxylic acids is 1. The highest BCUT2D eigenvalue weighted by molar-refractivity contribution is 7.89. The summed E-state index contributed by atoms with van der Waals surface area (Å²) < 4.78 is 65.6. The molecule has 2 aromatic carbocycles. The third kappa shape index (κ3) is 3.71. The summed E-state index contributed by atoms with van der Waals surface area (Å²) in [4.78, 5) is 17.1. The van der Waals surface area contributed by atoms with Crippen molar-refractivity contribution in [3.8, 4) is 0 Å². The van der Waals surface area contributed by atoms with E-state index in [1.165, 1.54) is 24.3 Å². The van der Waals surface area contributed by atoms with Crippen molar-refractivity contribution < 1.29 is 31.5 Å². The van der Waals surface area contributed by atoms with Crippen LogP contribution in [-0.2, 0) is 22.7 Å². The molecule has 3 aromatic rings. The van der Waals surface area contributed by atoms with Crippen LogP contribution < -0.4 is 0 Å². The average molecular weight is 413 g/mol. The number of aromatic amines is 1. The molecule has 0 unspecified atom stereocenters. The van der Waals surface area contributed by atoms with Gasteiger partial charge in [0.1, 0.15) is 5.82 Å². The predicted molar refractivity (Wildman–Crippen MR) is 93.1 cm³/mol. The summed E-state index contributed by atoms with van der Waals surface area (Å²) in [6.45, 7) is -0.328. The van der Waals surface area contributed by atoms with Crippen LogP contribution in [0.25, 0.3) is 11.0 Å². The molecule has 0 aliphatic heterocycles. The molecule has 0 radical (unpaired) electrons. The molecule has 0 aliphatic rings. The highest BCUT2D eigenvalue weighted by Crippen LogP contribution is 2.35. The number of carboxylic acid groups (broad SMARTS) is 1. The minimum atomic E-state index is -4.82. The lowest BCUT2D eigenvalue weighted by molar-refractivity contribution is -0.139. The maximum atomic E-state index is 13.2. The van der Waals surface area contributed by atoms with Crippen molar-refractivity contribution >= 4 is 27.0 Å². The number of halogens is 3. The zero-order chi connectivity index (χ0) is 20.7. The number of nitrogens with one attached hydrogen (secondary N) is 1. The number of nitrogens with zero attached hydrogens (tertiary/aromatic N) is 2. The first-order chi connectivity index (χ1) is 13.0. The summed E-state index contributed by atoms with van der Waals surface area (Å²) in [7, 11) is -3.31. The smallest absolute Gasteiger partial charge is 0.417 e. The summed E-state index contributed by atoms with van der Waals surface area (Å²) in [6, 6.07) is 8.05. The maximum absolute atomic E-state index is 13.2. The first-order valence-electron chi connectivity index (χ1n) is 7.84. The zero-order valence-electron chi connectivity index (χ0n) is 14.4. The summed E-state index contributed by atoms with van der Waals surface area (Å²) in [5, 5.41) is 9.01. The molecule has 1 heterocycles. The molecule has 7 nitrogen and oxygen atoms in total. The Morgan fingerprint density at radius 2 is 1.89 bits per heavy atom. The number of imidazole rings is 1. The van der Waals surface area contributed by atoms with Gasteiger partial charge in [0.25, 0.3) is 0 Å². The molecule has 28 heavy (non-hydrogen) atoms. The van der Waals surface area contributed by atoms with Crippen molar-refractivity contribution in [3.05, 3.63) is 59.4 Å². The molecular weight excluding hydrogens is 399 g/mol. The van der Waals surface area contributed by atoms with Crippen LogP contribution in [0, 0.1) is 0 Å². The Labute approximate surface area is 157 Å². The van der Waals surface area contributed by atoms with Crippen molar-refractivity contribution in [2.24, 2.45) is 0 Å². The van der Waals surface area contributed by atoms with Gasteiger partial charge in [0.05, 0.1) is 33.6 Å². The second kappa shape index (κ2) is 6.91. The number of aromatic carboxylic acids is 1. The van der Waals surface area contributed by atoms with E-state index in [0.29, 0.717) is 17.1 Å². The van der Waals surface area contributed by atoms with Crippen molar-refractivity contribution in [3.63, 3.8) is 0 Å². The van der Waals surface area contributed by atoms with E-state index in [0.717, 1.165) is 23.5 Å². The van der Waals surface area contributed by atoms with Crippen LogP contribution in [-0.4, -0.2) is 40.8 Å². The molecule has 3 rings (SSSR count). The Morgan fingerprint density at radius 1 is 1.21 bits per heavy atom. The van der Waals surface area contributed by atoms with Gasteiger partial charge in [0.15, 0.2) is 0 Å². The molecule has 0 spiro atoms. The Hall–Kier alpha value is -2.92. The Balaban J connectivity index is 1.93. The van der Waals surface area contributed by atoms with Gasteiger partial charge in [-0.25, -0.2) is 18.2 Å². The second-order valence-corrected chi connectivity index (χ2v) is 7.99. The van der Waals surface area contributed by atoms with Crippen LogP contribution in [0.4, 0.5) is 13.2 Å². The molecule has 11 heteroatoms.